The van der Waals surface area contributed by atoms with E-state index in [0.717, 1.165) is 22.2 Å². The van der Waals surface area contributed by atoms with Crippen molar-refractivity contribution < 1.29 is 15.3 Å². The average Bonchev–Trinajstić information content (AvgIpc) is 3.03. The van der Waals surface area contributed by atoms with E-state index in [-0.39, 0.29) is 12.5 Å². The SMILES string of the molecule is C[C@@H]([C@H](O)Cn1cnc2ccccc21)[C@@H](O)c1ccc(CO)cc1. The molecule has 0 aliphatic heterocycles. The van der Waals surface area contributed by atoms with Crippen LogP contribution < -0.4 is 0 Å². The van der Waals surface area contributed by atoms with Crippen LogP contribution in [0.15, 0.2) is 54.9 Å². The minimum absolute atomic E-state index is 0.0255. The van der Waals surface area contributed by atoms with Crippen molar-refractivity contribution in [2.45, 2.75) is 32.3 Å². The molecule has 0 unspecified atom stereocenters. The lowest BCUT2D eigenvalue weighted by molar-refractivity contribution is 0.0128. The Morgan fingerprint density at radius 3 is 2.46 bits per heavy atom. The van der Waals surface area contributed by atoms with E-state index >= 15 is 0 Å². The molecule has 3 atom stereocenters. The van der Waals surface area contributed by atoms with Gasteiger partial charge in [-0.15, -0.1) is 0 Å². The molecule has 24 heavy (non-hydrogen) atoms. The summed E-state index contributed by atoms with van der Waals surface area (Å²) in [7, 11) is 0. The van der Waals surface area contributed by atoms with Crippen LogP contribution >= 0.6 is 0 Å². The quantitative estimate of drug-likeness (QED) is 0.649. The number of imidazole rings is 1. The number of nitrogens with zero attached hydrogens (tertiary/aromatic N) is 2. The highest BCUT2D eigenvalue weighted by Crippen LogP contribution is 2.26. The Balaban J connectivity index is 1.72. The minimum Gasteiger partial charge on any atom is -0.392 e. The molecule has 3 rings (SSSR count). The third-order valence-electron chi connectivity index (χ3n) is 4.52. The molecule has 0 saturated heterocycles. The first kappa shape index (κ1) is 16.6. The third-order valence-corrected chi connectivity index (χ3v) is 4.52. The fourth-order valence-corrected chi connectivity index (χ4v) is 2.86. The normalized spacial score (nSPS) is 15.3. The summed E-state index contributed by atoms with van der Waals surface area (Å²) >= 11 is 0. The highest BCUT2D eigenvalue weighted by atomic mass is 16.3. The van der Waals surface area contributed by atoms with Crippen LogP contribution in [0.5, 0.6) is 0 Å². The summed E-state index contributed by atoms with van der Waals surface area (Å²) in [4.78, 5) is 4.32. The van der Waals surface area contributed by atoms with Gasteiger partial charge < -0.3 is 19.9 Å². The van der Waals surface area contributed by atoms with E-state index in [2.05, 4.69) is 4.98 Å². The number of rotatable bonds is 6. The second kappa shape index (κ2) is 7.13. The smallest absolute Gasteiger partial charge is 0.0959 e. The maximum absolute atomic E-state index is 10.5. The first-order valence-electron chi connectivity index (χ1n) is 8.06. The summed E-state index contributed by atoms with van der Waals surface area (Å²) in [6, 6.07) is 14.9. The largest absolute Gasteiger partial charge is 0.392 e. The van der Waals surface area contributed by atoms with E-state index < -0.39 is 12.2 Å². The van der Waals surface area contributed by atoms with Crippen molar-refractivity contribution in [3.05, 3.63) is 66.0 Å². The summed E-state index contributed by atoms with van der Waals surface area (Å²) in [5.74, 6) is -0.342. The van der Waals surface area contributed by atoms with Crippen LogP contribution in [0.1, 0.15) is 24.2 Å². The minimum atomic E-state index is -0.775. The van der Waals surface area contributed by atoms with E-state index in [9.17, 15) is 10.2 Å². The van der Waals surface area contributed by atoms with Crippen LogP contribution in [0.4, 0.5) is 0 Å². The Morgan fingerprint density at radius 1 is 1.04 bits per heavy atom. The third kappa shape index (κ3) is 3.33. The molecule has 0 saturated carbocycles. The van der Waals surface area contributed by atoms with E-state index in [4.69, 9.17) is 5.11 Å². The standard InChI is InChI=1S/C19H22N2O3/c1-13(19(24)15-8-6-14(11-22)7-9-15)18(23)10-21-12-20-16-4-2-3-5-17(16)21/h2-9,12-13,18-19,22-24H,10-11H2,1H3/t13-,18+,19+/m0/s1. The van der Waals surface area contributed by atoms with Crippen molar-refractivity contribution in [2.75, 3.05) is 0 Å². The Morgan fingerprint density at radius 2 is 1.75 bits per heavy atom. The monoisotopic (exact) mass is 326 g/mol. The van der Waals surface area contributed by atoms with E-state index in [1.807, 2.05) is 35.8 Å². The van der Waals surface area contributed by atoms with Crippen molar-refractivity contribution >= 4 is 11.0 Å². The van der Waals surface area contributed by atoms with Crippen LogP contribution in [0.2, 0.25) is 0 Å². The van der Waals surface area contributed by atoms with E-state index in [1.165, 1.54) is 0 Å². The average molecular weight is 326 g/mol. The zero-order valence-electron chi connectivity index (χ0n) is 13.6. The second-order valence-corrected chi connectivity index (χ2v) is 6.16. The first-order chi connectivity index (χ1) is 11.6. The molecule has 0 radical (unpaired) electrons. The molecule has 0 bridgehead atoms. The number of fused-ring (bicyclic) bond motifs is 1. The van der Waals surface area contributed by atoms with Gasteiger partial charge in [-0.05, 0) is 23.3 Å². The molecular formula is C19H22N2O3. The van der Waals surface area contributed by atoms with Gasteiger partial charge >= 0.3 is 0 Å². The fourth-order valence-electron chi connectivity index (χ4n) is 2.86. The molecule has 0 aliphatic carbocycles. The molecule has 0 aliphatic rings. The summed E-state index contributed by atoms with van der Waals surface area (Å²) in [5.41, 5.74) is 3.38. The molecule has 5 nitrogen and oxygen atoms in total. The van der Waals surface area contributed by atoms with Crippen LogP contribution in [-0.4, -0.2) is 31.0 Å². The number of hydrogen-bond donors (Lipinski definition) is 3. The lowest BCUT2D eigenvalue weighted by Crippen LogP contribution is -2.28. The van der Waals surface area contributed by atoms with E-state index in [1.54, 1.807) is 30.6 Å². The number of aliphatic hydroxyl groups excluding tert-OH is 3. The molecule has 0 spiro atoms. The zero-order valence-corrected chi connectivity index (χ0v) is 13.6. The highest BCUT2D eigenvalue weighted by molar-refractivity contribution is 5.74. The predicted molar refractivity (Wildman–Crippen MR) is 92.2 cm³/mol. The lowest BCUT2D eigenvalue weighted by Gasteiger charge is -2.25. The first-order valence-corrected chi connectivity index (χ1v) is 8.06. The van der Waals surface area contributed by atoms with Gasteiger partial charge in [-0.25, -0.2) is 4.98 Å². The maximum atomic E-state index is 10.5. The van der Waals surface area contributed by atoms with Crippen molar-refractivity contribution in [3.8, 4) is 0 Å². The Labute approximate surface area is 140 Å². The number of aromatic nitrogens is 2. The van der Waals surface area contributed by atoms with Gasteiger partial charge in [0.1, 0.15) is 0 Å². The van der Waals surface area contributed by atoms with Crippen molar-refractivity contribution in [1.29, 1.82) is 0 Å². The summed E-state index contributed by atoms with van der Waals surface area (Å²) in [5, 5.41) is 30.1. The Hall–Kier alpha value is -2.21. The van der Waals surface area contributed by atoms with Gasteiger partial charge in [0.15, 0.2) is 0 Å². The number of para-hydroxylation sites is 2. The summed E-state index contributed by atoms with van der Waals surface area (Å²) in [6.45, 7) is 2.17. The highest BCUT2D eigenvalue weighted by Gasteiger charge is 2.24. The van der Waals surface area contributed by atoms with Gasteiger partial charge in [-0.1, -0.05) is 43.3 Å². The Kier molecular flexibility index (Phi) is 4.94. The summed E-state index contributed by atoms with van der Waals surface area (Å²) in [6.07, 6.45) is 0.223. The molecule has 3 N–H and O–H groups in total. The Bertz CT molecular complexity index is 798. The maximum Gasteiger partial charge on any atom is 0.0959 e. The van der Waals surface area contributed by atoms with Crippen LogP contribution in [0.25, 0.3) is 11.0 Å². The molecule has 126 valence electrons. The van der Waals surface area contributed by atoms with Gasteiger partial charge in [0.05, 0.1) is 42.7 Å². The zero-order chi connectivity index (χ0) is 17.1. The van der Waals surface area contributed by atoms with Gasteiger partial charge in [0, 0.05) is 5.92 Å². The molecule has 5 heteroatoms. The fraction of sp³-hybridized carbons (Fsp3) is 0.316. The molecule has 1 aromatic heterocycles. The van der Waals surface area contributed by atoms with Crippen molar-refractivity contribution in [2.24, 2.45) is 5.92 Å². The number of hydrogen-bond acceptors (Lipinski definition) is 4. The van der Waals surface area contributed by atoms with Gasteiger partial charge in [-0.2, -0.15) is 0 Å². The molecule has 2 aromatic carbocycles. The molecular weight excluding hydrogens is 304 g/mol. The van der Waals surface area contributed by atoms with E-state index in [0.29, 0.717) is 6.54 Å². The number of aliphatic hydroxyl groups is 3. The molecule has 0 fully saturated rings. The van der Waals surface area contributed by atoms with Crippen LogP contribution in [-0.2, 0) is 13.2 Å². The van der Waals surface area contributed by atoms with Gasteiger partial charge in [0.25, 0.3) is 0 Å². The predicted octanol–water partition coefficient (Wildman–Crippen LogP) is 2.26. The number of benzene rings is 2. The molecule has 0 amide bonds. The van der Waals surface area contributed by atoms with Crippen molar-refractivity contribution in [1.82, 2.24) is 9.55 Å². The second-order valence-electron chi connectivity index (χ2n) is 6.16. The molecule has 1 heterocycles. The summed E-state index contributed by atoms with van der Waals surface area (Å²) < 4.78 is 1.90. The van der Waals surface area contributed by atoms with Crippen LogP contribution in [0.3, 0.4) is 0 Å². The van der Waals surface area contributed by atoms with Crippen LogP contribution in [0, 0.1) is 5.92 Å². The van der Waals surface area contributed by atoms with Crippen molar-refractivity contribution in [3.63, 3.8) is 0 Å². The van der Waals surface area contributed by atoms with Gasteiger partial charge in [0.2, 0.25) is 0 Å². The topological polar surface area (TPSA) is 78.5 Å². The lowest BCUT2D eigenvalue weighted by atomic mass is 9.92. The molecule has 3 aromatic rings. The van der Waals surface area contributed by atoms with Gasteiger partial charge in [-0.3, -0.25) is 0 Å².